The first kappa shape index (κ1) is 13.6. The van der Waals surface area contributed by atoms with Gasteiger partial charge in [-0.25, -0.2) is 4.98 Å². The molecule has 1 unspecified atom stereocenters. The highest BCUT2D eigenvalue weighted by Crippen LogP contribution is 2.17. The Morgan fingerprint density at radius 3 is 3.11 bits per heavy atom. The molecule has 1 saturated heterocycles. The lowest BCUT2D eigenvalue weighted by molar-refractivity contribution is 0.429. The van der Waals surface area contributed by atoms with Gasteiger partial charge < -0.3 is 10.3 Å². The molecule has 5 heteroatoms. The molecule has 0 aromatic carbocycles. The summed E-state index contributed by atoms with van der Waals surface area (Å²) >= 11 is 1.65. The minimum atomic E-state index is -0.0347. The van der Waals surface area contributed by atoms with Crippen molar-refractivity contribution in [1.82, 2.24) is 15.3 Å². The van der Waals surface area contributed by atoms with Gasteiger partial charge in [-0.3, -0.25) is 4.79 Å². The number of rotatable bonds is 5. The van der Waals surface area contributed by atoms with E-state index in [1.807, 2.05) is 0 Å². The van der Waals surface area contributed by atoms with E-state index in [0.29, 0.717) is 6.04 Å². The quantitative estimate of drug-likeness (QED) is 0.632. The third kappa shape index (κ3) is 4.14. The van der Waals surface area contributed by atoms with Crippen molar-refractivity contribution in [2.75, 3.05) is 12.3 Å². The molecular formula is C13H21N3OS. The van der Waals surface area contributed by atoms with Gasteiger partial charge in [0, 0.05) is 23.6 Å². The zero-order chi connectivity index (χ0) is 12.8. The lowest BCUT2D eigenvalue weighted by Crippen LogP contribution is -2.35. The average molecular weight is 267 g/mol. The van der Waals surface area contributed by atoms with Crippen LogP contribution >= 0.6 is 11.8 Å². The Balaban J connectivity index is 1.93. The minimum absolute atomic E-state index is 0.0347. The van der Waals surface area contributed by atoms with Crippen molar-refractivity contribution in [3.05, 3.63) is 22.1 Å². The smallest absolute Gasteiger partial charge is 0.251 e. The van der Waals surface area contributed by atoms with Gasteiger partial charge in [-0.1, -0.05) is 31.5 Å². The topological polar surface area (TPSA) is 57.8 Å². The van der Waals surface area contributed by atoms with Crippen molar-refractivity contribution in [2.45, 2.75) is 50.2 Å². The van der Waals surface area contributed by atoms with Crippen LogP contribution in [0.25, 0.3) is 0 Å². The Morgan fingerprint density at radius 1 is 1.50 bits per heavy atom. The van der Waals surface area contributed by atoms with Gasteiger partial charge in [0.25, 0.3) is 5.56 Å². The second kappa shape index (κ2) is 6.95. The number of aryl methyl sites for hydroxylation is 1. The van der Waals surface area contributed by atoms with E-state index >= 15 is 0 Å². The summed E-state index contributed by atoms with van der Waals surface area (Å²) in [5.74, 6) is 0.985. The molecule has 1 atom stereocenters. The number of aromatic nitrogens is 2. The average Bonchev–Trinajstić information content (AvgIpc) is 2.37. The second-order valence-electron chi connectivity index (χ2n) is 4.75. The molecule has 0 bridgehead atoms. The summed E-state index contributed by atoms with van der Waals surface area (Å²) in [6, 6.07) is 2.16. The molecule has 0 amide bonds. The Morgan fingerprint density at radius 2 is 2.39 bits per heavy atom. The molecule has 2 heterocycles. The number of thioether (sulfide) groups is 1. The van der Waals surface area contributed by atoms with Gasteiger partial charge in [-0.15, -0.1) is 0 Å². The largest absolute Gasteiger partial charge is 0.313 e. The second-order valence-corrected chi connectivity index (χ2v) is 5.76. The molecule has 0 saturated carbocycles. The lowest BCUT2D eigenvalue weighted by atomic mass is 10.1. The molecule has 100 valence electrons. The minimum Gasteiger partial charge on any atom is -0.313 e. The maximum atomic E-state index is 11.5. The number of hydrogen-bond donors (Lipinski definition) is 2. The van der Waals surface area contributed by atoms with Crippen molar-refractivity contribution in [3.8, 4) is 0 Å². The number of nitrogens with one attached hydrogen (secondary N) is 2. The predicted octanol–water partition coefficient (Wildman–Crippen LogP) is 1.96. The van der Waals surface area contributed by atoms with Crippen LogP contribution in [0, 0.1) is 0 Å². The van der Waals surface area contributed by atoms with Gasteiger partial charge in [0.2, 0.25) is 0 Å². The summed E-state index contributed by atoms with van der Waals surface area (Å²) in [6.45, 7) is 3.21. The molecule has 2 N–H and O–H groups in total. The maximum Gasteiger partial charge on any atom is 0.251 e. The maximum absolute atomic E-state index is 11.5. The fourth-order valence-corrected chi connectivity index (χ4v) is 3.18. The number of nitrogens with zero attached hydrogens (tertiary/aromatic N) is 1. The van der Waals surface area contributed by atoms with Crippen LogP contribution in [0.4, 0.5) is 0 Å². The molecule has 2 rings (SSSR count). The molecule has 1 aromatic heterocycles. The molecule has 0 radical (unpaired) electrons. The molecule has 0 spiro atoms. The van der Waals surface area contributed by atoms with Crippen LogP contribution in [-0.2, 0) is 6.42 Å². The number of piperidine rings is 1. The zero-order valence-electron chi connectivity index (χ0n) is 10.9. The van der Waals surface area contributed by atoms with Gasteiger partial charge in [0.15, 0.2) is 5.16 Å². The molecular weight excluding hydrogens is 246 g/mol. The van der Waals surface area contributed by atoms with Gasteiger partial charge in [0.05, 0.1) is 0 Å². The van der Waals surface area contributed by atoms with E-state index in [4.69, 9.17) is 0 Å². The molecule has 1 aromatic rings. The Labute approximate surface area is 112 Å². The van der Waals surface area contributed by atoms with Gasteiger partial charge in [0.1, 0.15) is 0 Å². The summed E-state index contributed by atoms with van der Waals surface area (Å²) in [5, 5.41) is 4.27. The highest BCUT2D eigenvalue weighted by molar-refractivity contribution is 7.99. The first-order valence-corrected chi connectivity index (χ1v) is 7.73. The monoisotopic (exact) mass is 267 g/mol. The van der Waals surface area contributed by atoms with Crippen LogP contribution in [0.3, 0.4) is 0 Å². The summed E-state index contributed by atoms with van der Waals surface area (Å²) < 4.78 is 0. The van der Waals surface area contributed by atoms with E-state index < -0.39 is 0 Å². The van der Waals surface area contributed by atoms with Crippen molar-refractivity contribution in [2.24, 2.45) is 0 Å². The zero-order valence-corrected chi connectivity index (χ0v) is 11.7. The standard InChI is InChI=1S/C13H21N3OS/c1-2-5-10-8-12(17)16-13(15-10)18-9-11-6-3-4-7-14-11/h8,11,14H,2-7,9H2,1H3,(H,15,16,17). The highest BCUT2D eigenvalue weighted by atomic mass is 32.2. The van der Waals surface area contributed by atoms with Crippen LogP contribution in [0.5, 0.6) is 0 Å². The molecule has 18 heavy (non-hydrogen) atoms. The first-order chi connectivity index (χ1) is 8.78. The fraction of sp³-hybridized carbons (Fsp3) is 0.692. The molecule has 4 nitrogen and oxygen atoms in total. The normalized spacial score (nSPS) is 19.9. The van der Waals surface area contributed by atoms with Gasteiger partial charge in [-0.2, -0.15) is 0 Å². The molecule has 1 aliphatic heterocycles. The van der Waals surface area contributed by atoms with E-state index in [1.165, 1.54) is 19.3 Å². The van der Waals surface area contributed by atoms with E-state index in [2.05, 4.69) is 22.2 Å². The highest BCUT2D eigenvalue weighted by Gasteiger charge is 2.13. The van der Waals surface area contributed by atoms with Gasteiger partial charge in [-0.05, 0) is 25.8 Å². The van der Waals surface area contributed by atoms with Crippen LogP contribution in [-0.4, -0.2) is 28.3 Å². The van der Waals surface area contributed by atoms with Crippen molar-refractivity contribution >= 4 is 11.8 Å². The molecule has 0 aliphatic carbocycles. The number of H-pyrrole nitrogens is 1. The Bertz CT molecular complexity index is 426. The van der Waals surface area contributed by atoms with E-state index in [-0.39, 0.29) is 5.56 Å². The van der Waals surface area contributed by atoms with Gasteiger partial charge >= 0.3 is 0 Å². The first-order valence-electron chi connectivity index (χ1n) is 6.74. The Kier molecular flexibility index (Phi) is 5.26. The summed E-state index contributed by atoms with van der Waals surface area (Å²) in [7, 11) is 0. The van der Waals surface area contributed by atoms with E-state index in [1.54, 1.807) is 17.8 Å². The summed E-state index contributed by atoms with van der Waals surface area (Å²) in [6.07, 6.45) is 5.70. The number of hydrogen-bond acceptors (Lipinski definition) is 4. The molecule has 1 fully saturated rings. The fourth-order valence-electron chi connectivity index (χ4n) is 2.18. The summed E-state index contributed by atoms with van der Waals surface area (Å²) in [4.78, 5) is 18.8. The van der Waals surface area contributed by atoms with Crippen molar-refractivity contribution < 1.29 is 0 Å². The third-order valence-electron chi connectivity index (χ3n) is 3.11. The van der Waals surface area contributed by atoms with Crippen LogP contribution in [0.1, 0.15) is 38.3 Å². The van der Waals surface area contributed by atoms with E-state index in [0.717, 1.165) is 36.0 Å². The Hall–Kier alpha value is -0.810. The summed E-state index contributed by atoms with van der Waals surface area (Å²) in [5.41, 5.74) is 0.868. The SMILES string of the molecule is CCCc1cc(=O)[nH]c(SCC2CCCCN2)n1. The lowest BCUT2D eigenvalue weighted by Gasteiger charge is -2.22. The number of aromatic amines is 1. The van der Waals surface area contributed by atoms with Crippen molar-refractivity contribution in [1.29, 1.82) is 0 Å². The van der Waals surface area contributed by atoms with Crippen LogP contribution < -0.4 is 10.9 Å². The third-order valence-corrected chi connectivity index (χ3v) is 4.15. The van der Waals surface area contributed by atoms with Crippen LogP contribution in [0.2, 0.25) is 0 Å². The predicted molar refractivity (Wildman–Crippen MR) is 75.2 cm³/mol. The van der Waals surface area contributed by atoms with Crippen molar-refractivity contribution in [3.63, 3.8) is 0 Å². The molecule has 1 aliphatic rings. The van der Waals surface area contributed by atoms with E-state index in [9.17, 15) is 4.79 Å². The van der Waals surface area contributed by atoms with Crippen LogP contribution in [0.15, 0.2) is 16.0 Å².